The minimum absolute atomic E-state index is 0.189. The van der Waals surface area contributed by atoms with Gasteiger partial charge in [-0.15, -0.1) is 0 Å². The lowest BCUT2D eigenvalue weighted by Gasteiger charge is -2.20. The molecule has 0 aliphatic carbocycles. The molecule has 0 aliphatic rings. The largest absolute Gasteiger partial charge is 0.484 e. The van der Waals surface area contributed by atoms with Crippen LogP contribution in [0.15, 0.2) is 24.3 Å². The molecule has 4 heteroatoms. The zero-order valence-electron chi connectivity index (χ0n) is 11.3. The lowest BCUT2D eigenvalue weighted by atomic mass is 10.2. The maximum absolute atomic E-state index is 13.5. The molecule has 0 bridgehead atoms. The topological polar surface area (TPSA) is 30.5 Å². The average Bonchev–Trinajstić information content (AvgIpc) is 2.32. The van der Waals surface area contributed by atoms with Crippen molar-refractivity contribution in [3.8, 4) is 5.75 Å². The number of hydrogen-bond donors (Lipinski definition) is 1. The molecular weight excluding hydrogens is 233 g/mol. The van der Waals surface area contributed by atoms with Crippen molar-refractivity contribution in [3.63, 3.8) is 0 Å². The molecule has 3 nitrogen and oxygen atoms in total. The fourth-order valence-electron chi connectivity index (χ4n) is 1.57. The number of methoxy groups -OCH3 is 1. The van der Waals surface area contributed by atoms with E-state index in [1.807, 2.05) is 0 Å². The van der Waals surface area contributed by atoms with Crippen molar-refractivity contribution in [1.29, 1.82) is 0 Å². The van der Waals surface area contributed by atoms with Crippen LogP contribution in [0.1, 0.15) is 13.8 Å². The Balaban J connectivity index is 2.49. The van der Waals surface area contributed by atoms with Gasteiger partial charge in [0.05, 0.1) is 6.61 Å². The van der Waals surface area contributed by atoms with Gasteiger partial charge in [0.25, 0.3) is 0 Å². The Morgan fingerprint density at radius 3 is 2.56 bits per heavy atom. The van der Waals surface area contributed by atoms with E-state index in [2.05, 4.69) is 19.2 Å². The van der Waals surface area contributed by atoms with E-state index < -0.39 is 0 Å². The first kappa shape index (κ1) is 14.9. The molecule has 18 heavy (non-hydrogen) atoms. The Morgan fingerprint density at radius 2 is 1.94 bits per heavy atom. The summed E-state index contributed by atoms with van der Waals surface area (Å²) >= 11 is 0. The third-order valence-corrected chi connectivity index (χ3v) is 2.41. The van der Waals surface area contributed by atoms with E-state index in [1.54, 1.807) is 25.3 Å². The fourth-order valence-corrected chi connectivity index (χ4v) is 1.57. The normalized spacial score (nSPS) is 12.7. The molecule has 0 heterocycles. The van der Waals surface area contributed by atoms with Crippen LogP contribution in [0, 0.1) is 11.7 Å². The molecule has 0 saturated carbocycles. The summed E-state index contributed by atoms with van der Waals surface area (Å²) in [6, 6.07) is 6.41. The zero-order chi connectivity index (χ0) is 13.4. The second kappa shape index (κ2) is 8.06. The predicted octanol–water partition coefficient (Wildman–Crippen LogP) is 2.47. The van der Waals surface area contributed by atoms with E-state index in [0.29, 0.717) is 19.1 Å². The summed E-state index contributed by atoms with van der Waals surface area (Å²) in [5, 5.41) is 3.28. The smallest absolute Gasteiger partial charge is 0.165 e. The van der Waals surface area contributed by atoms with E-state index in [-0.39, 0.29) is 17.7 Å². The van der Waals surface area contributed by atoms with Crippen molar-refractivity contribution in [3.05, 3.63) is 30.1 Å². The number of benzene rings is 1. The molecule has 0 radical (unpaired) electrons. The van der Waals surface area contributed by atoms with Crippen LogP contribution in [0.5, 0.6) is 5.75 Å². The maximum atomic E-state index is 13.5. The number of rotatable bonds is 8. The van der Waals surface area contributed by atoms with Crippen LogP contribution >= 0.6 is 0 Å². The second-order valence-electron chi connectivity index (χ2n) is 4.68. The third-order valence-electron chi connectivity index (χ3n) is 2.41. The summed E-state index contributed by atoms with van der Waals surface area (Å²) in [5.74, 6) is 0.495. The summed E-state index contributed by atoms with van der Waals surface area (Å²) in [4.78, 5) is 0. The van der Waals surface area contributed by atoms with Crippen LogP contribution in [0.2, 0.25) is 0 Å². The Labute approximate surface area is 108 Å². The van der Waals surface area contributed by atoms with Gasteiger partial charge in [0.2, 0.25) is 0 Å². The molecule has 1 N–H and O–H groups in total. The Bertz CT molecular complexity index is 344. The van der Waals surface area contributed by atoms with Crippen LogP contribution in [-0.2, 0) is 4.74 Å². The SMILES string of the molecule is COCC(CNCC(C)C)Oc1ccccc1F. The molecule has 1 atom stereocenters. The molecule has 1 rings (SSSR count). The summed E-state index contributed by atoms with van der Waals surface area (Å²) in [6.45, 7) is 6.24. The molecule has 0 aromatic heterocycles. The van der Waals surface area contributed by atoms with Crippen molar-refractivity contribution in [1.82, 2.24) is 5.32 Å². The highest BCUT2D eigenvalue weighted by atomic mass is 19.1. The van der Waals surface area contributed by atoms with E-state index in [4.69, 9.17) is 9.47 Å². The Morgan fingerprint density at radius 1 is 1.22 bits per heavy atom. The Hall–Kier alpha value is -1.13. The molecular formula is C14H22FNO2. The van der Waals surface area contributed by atoms with Gasteiger partial charge in [-0.2, -0.15) is 0 Å². The monoisotopic (exact) mass is 255 g/mol. The minimum atomic E-state index is -0.345. The molecule has 1 unspecified atom stereocenters. The second-order valence-corrected chi connectivity index (χ2v) is 4.68. The number of halogens is 1. The van der Waals surface area contributed by atoms with Crippen molar-refractivity contribution < 1.29 is 13.9 Å². The van der Waals surface area contributed by atoms with Gasteiger partial charge in [0.1, 0.15) is 6.10 Å². The molecule has 1 aromatic carbocycles. The summed E-state index contributed by atoms with van der Waals surface area (Å²) in [5.41, 5.74) is 0. The van der Waals surface area contributed by atoms with Crippen molar-refractivity contribution in [2.45, 2.75) is 20.0 Å². The van der Waals surface area contributed by atoms with E-state index >= 15 is 0 Å². The van der Waals surface area contributed by atoms with Gasteiger partial charge < -0.3 is 14.8 Å². The van der Waals surface area contributed by atoms with Crippen molar-refractivity contribution in [2.24, 2.45) is 5.92 Å². The van der Waals surface area contributed by atoms with E-state index in [9.17, 15) is 4.39 Å². The zero-order valence-corrected chi connectivity index (χ0v) is 11.3. The first-order valence-corrected chi connectivity index (χ1v) is 6.24. The van der Waals surface area contributed by atoms with Gasteiger partial charge in [-0.3, -0.25) is 0 Å². The van der Waals surface area contributed by atoms with Crippen LogP contribution in [-0.4, -0.2) is 32.9 Å². The van der Waals surface area contributed by atoms with E-state index in [0.717, 1.165) is 6.54 Å². The Kier molecular flexibility index (Phi) is 6.68. The quantitative estimate of drug-likeness (QED) is 0.774. The van der Waals surface area contributed by atoms with Crippen molar-refractivity contribution in [2.75, 3.05) is 26.8 Å². The summed E-state index contributed by atoms with van der Waals surface area (Å²) in [7, 11) is 1.61. The number of para-hydroxylation sites is 1. The fraction of sp³-hybridized carbons (Fsp3) is 0.571. The van der Waals surface area contributed by atoms with Crippen LogP contribution < -0.4 is 10.1 Å². The van der Waals surface area contributed by atoms with Gasteiger partial charge in [0.15, 0.2) is 11.6 Å². The molecule has 0 amide bonds. The molecule has 102 valence electrons. The summed E-state index contributed by atoms with van der Waals surface area (Å²) < 4.78 is 24.1. The predicted molar refractivity (Wildman–Crippen MR) is 70.4 cm³/mol. The number of nitrogens with one attached hydrogen (secondary N) is 1. The lowest BCUT2D eigenvalue weighted by molar-refractivity contribution is 0.0775. The first-order valence-electron chi connectivity index (χ1n) is 6.24. The summed E-state index contributed by atoms with van der Waals surface area (Å²) in [6.07, 6.45) is -0.189. The highest BCUT2D eigenvalue weighted by molar-refractivity contribution is 5.23. The van der Waals surface area contributed by atoms with Crippen LogP contribution in [0.4, 0.5) is 4.39 Å². The minimum Gasteiger partial charge on any atom is -0.484 e. The van der Waals surface area contributed by atoms with E-state index in [1.165, 1.54) is 6.07 Å². The van der Waals surface area contributed by atoms with Gasteiger partial charge in [0, 0.05) is 13.7 Å². The van der Waals surface area contributed by atoms with Crippen LogP contribution in [0.25, 0.3) is 0 Å². The highest BCUT2D eigenvalue weighted by Crippen LogP contribution is 2.17. The average molecular weight is 255 g/mol. The van der Waals surface area contributed by atoms with Gasteiger partial charge in [-0.05, 0) is 24.6 Å². The van der Waals surface area contributed by atoms with Gasteiger partial charge in [-0.1, -0.05) is 26.0 Å². The molecule has 0 saturated heterocycles. The number of hydrogen-bond acceptors (Lipinski definition) is 3. The molecule has 0 aliphatic heterocycles. The highest BCUT2D eigenvalue weighted by Gasteiger charge is 2.12. The standard InChI is InChI=1S/C14H22FNO2/c1-11(2)8-16-9-12(10-17-3)18-14-7-5-4-6-13(14)15/h4-7,11-12,16H,8-10H2,1-3H3. The molecule has 1 aromatic rings. The van der Waals surface area contributed by atoms with Crippen LogP contribution in [0.3, 0.4) is 0 Å². The third kappa shape index (κ3) is 5.47. The molecule has 0 fully saturated rings. The first-order chi connectivity index (χ1) is 8.63. The van der Waals surface area contributed by atoms with Gasteiger partial charge in [-0.25, -0.2) is 4.39 Å². The maximum Gasteiger partial charge on any atom is 0.165 e. The molecule has 0 spiro atoms. The number of ether oxygens (including phenoxy) is 2. The van der Waals surface area contributed by atoms with Gasteiger partial charge >= 0.3 is 0 Å². The van der Waals surface area contributed by atoms with Crippen molar-refractivity contribution >= 4 is 0 Å². The lowest BCUT2D eigenvalue weighted by Crippen LogP contribution is -2.36.